The zero-order valence-corrected chi connectivity index (χ0v) is 12.3. The molecule has 0 bridgehead atoms. The second-order valence-electron chi connectivity index (χ2n) is 4.76. The molecule has 20 heavy (non-hydrogen) atoms. The van der Waals surface area contributed by atoms with Gasteiger partial charge in [-0.3, -0.25) is 4.98 Å². The minimum atomic E-state index is 0.254. The Kier molecular flexibility index (Phi) is 5.07. The Hall–Kier alpha value is -1.94. The van der Waals surface area contributed by atoms with Gasteiger partial charge < -0.3 is 10.1 Å². The van der Waals surface area contributed by atoms with Crippen LogP contribution in [0, 0.1) is 6.92 Å². The van der Waals surface area contributed by atoms with Gasteiger partial charge in [-0.15, -0.1) is 0 Å². The van der Waals surface area contributed by atoms with Crippen molar-refractivity contribution in [2.24, 2.45) is 0 Å². The first kappa shape index (κ1) is 14.5. The maximum absolute atomic E-state index is 5.09. The second-order valence-corrected chi connectivity index (χ2v) is 4.76. The van der Waals surface area contributed by atoms with Crippen LogP contribution in [0.4, 0.5) is 0 Å². The third kappa shape index (κ3) is 3.54. The zero-order chi connectivity index (χ0) is 14.4. The lowest BCUT2D eigenvalue weighted by molar-refractivity contribution is 0.397. The van der Waals surface area contributed by atoms with Crippen LogP contribution >= 0.6 is 0 Å². The average Bonchev–Trinajstić information content (AvgIpc) is 2.48. The number of aromatic nitrogens is 2. The molecule has 4 nitrogen and oxygen atoms in total. The Morgan fingerprint density at radius 3 is 2.70 bits per heavy atom. The van der Waals surface area contributed by atoms with E-state index in [0.717, 1.165) is 13.0 Å². The van der Waals surface area contributed by atoms with E-state index in [1.54, 1.807) is 7.11 Å². The van der Waals surface area contributed by atoms with E-state index in [0.29, 0.717) is 5.88 Å². The van der Waals surface area contributed by atoms with E-state index in [2.05, 4.69) is 35.2 Å². The van der Waals surface area contributed by atoms with Crippen LogP contribution < -0.4 is 10.1 Å². The molecule has 0 aliphatic rings. The summed E-state index contributed by atoms with van der Waals surface area (Å²) in [5.74, 6) is 0.645. The van der Waals surface area contributed by atoms with Crippen LogP contribution in [0.25, 0.3) is 0 Å². The van der Waals surface area contributed by atoms with Gasteiger partial charge in [-0.2, -0.15) is 0 Å². The molecule has 0 spiro atoms. The number of nitrogens with zero attached hydrogens (tertiary/aromatic N) is 2. The quantitative estimate of drug-likeness (QED) is 0.877. The topological polar surface area (TPSA) is 47.0 Å². The Morgan fingerprint density at radius 2 is 2.10 bits per heavy atom. The van der Waals surface area contributed by atoms with Gasteiger partial charge in [0.2, 0.25) is 5.88 Å². The first-order valence-electron chi connectivity index (χ1n) is 6.87. The Morgan fingerprint density at radius 1 is 1.25 bits per heavy atom. The van der Waals surface area contributed by atoms with Crippen LogP contribution in [0.2, 0.25) is 0 Å². The highest BCUT2D eigenvalue weighted by molar-refractivity contribution is 5.28. The van der Waals surface area contributed by atoms with Crippen LogP contribution in [0.15, 0.2) is 36.8 Å². The number of methoxy groups -OCH3 is 1. The molecule has 0 aliphatic carbocycles. The van der Waals surface area contributed by atoms with E-state index in [1.165, 1.54) is 16.7 Å². The van der Waals surface area contributed by atoms with Crippen LogP contribution in [0.5, 0.6) is 5.88 Å². The zero-order valence-electron chi connectivity index (χ0n) is 12.3. The highest BCUT2D eigenvalue weighted by Crippen LogP contribution is 2.21. The van der Waals surface area contributed by atoms with Crippen LogP contribution in [-0.4, -0.2) is 23.6 Å². The summed E-state index contributed by atoms with van der Waals surface area (Å²) in [6, 6.07) is 6.26. The van der Waals surface area contributed by atoms with Gasteiger partial charge in [-0.25, -0.2) is 4.98 Å². The number of hydrogen-bond acceptors (Lipinski definition) is 4. The first-order chi connectivity index (χ1) is 9.74. The van der Waals surface area contributed by atoms with Crippen molar-refractivity contribution in [2.45, 2.75) is 26.3 Å². The molecule has 1 N–H and O–H groups in total. The number of likely N-dealkylation sites (N-methyl/N-ethyl adjacent to an activating group) is 1. The van der Waals surface area contributed by atoms with Gasteiger partial charge in [0.25, 0.3) is 0 Å². The number of aryl methyl sites for hydroxylation is 1. The smallest absolute Gasteiger partial charge is 0.212 e. The molecular weight excluding hydrogens is 250 g/mol. The Labute approximate surface area is 120 Å². The predicted molar refractivity (Wildman–Crippen MR) is 79.9 cm³/mol. The monoisotopic (exact) mass is 271 g/mol. The minimum absolute atomic E-state index is 0.254. The van der Waals surface area contributed by atoms with Gasteiger partial charge in [0, 0.05) is 30.7 Å². The summed E-state index contributed by atoms with van der Waals surface area (Å²) >= 11 is 0. The van der Waals surface area contributed by atoms with E-state index in [9.17, 15) is 0 Å². The molecule has 0 aliphatic heterocycles. The molecule has 106 valence electrons. The van der Waals surface area contributed by atoms with Crippen molar-refractivity contribution in [3.63, 3.8) is 0 Å². The van der Waals surface area contributed by atoms with Crippen LogP contribution in [-0.2, 0) is 6.42 Å². The number of pyridine rings is 2. The van der Waals surface area contributed by atoms with E-state index in [-0.39, 0.29) is 6.04 Å². The molecule has 0 saturated heterocycles. The van der Waals surface area contributed by atoms with Crippen molar-refractivity contribution >= 4 is 0 Å². The number of rotatable bonds is 6. The SMILES string of the molecule is CCNC(Cc1ccc(OC)nc1)c1cnccc1C. The summed E-state index contributed by atoms with van der Waals surface area (Å²) in [5, 5.41) is 3.52. The van der Waals surface area contributed by atoms with Gasteiger partial charge in [-0.05, 0) is 42.6 Å². The Bertz CT molecular complexity index is 540. The third-order valence-electron chi connectivity index (χ3n) is 3.35. The largest absolute Gasteiger partial charge is 0.481 e. The van der Waals surface area contributed by atoms with Crippen molar-refractivity contribution in [1.82, 2.24) is 15.3 Å². The Balaban J connectivity index is 2.18. The fraction of sp³-hybridized carbons (Fsp3) is 0.375. The molecule has 1 unspecified atom stereocenters. The molecule has 2 aromatic rings. The fourth-order valence-electron chi connectivity index (χ4n) is 2.27. The molecule has 0 radical (unpaired) electrons. The van der Waals surface area contributed by atoms with Crippen molar-refractivity contribution in [1.29, 1.82) is 0 Å². The van der Waals surface area contributed by atoms with Gasteiger partial charge in [0.15, 0.2) is 0 Å². The molecule has 0 fully saturated rings. The average molecular weight is 271 g/mol. The lowest BCUT2D eigenvalue weighted by Crippen LogP contribution is -2.24. The minimum Gasteiger partial charge on any atom is -0.481 e. The molecule has 0 aromatic carbocycles. The number of ether oxygens (including phenoxy) is 1. The van der Waals surface area contributed by atoms with Crippen molar-refractivity contribution in [2.75, 3.05) is 13.7 Å². The lowest BCUT2D eigenvalue weighted by atomic mass is 9.98. The standard InChI is InChI=1S/C16H21N3O/c1-4-18-15(14-11-17-8-7-12(14)2)9-13-5-6-16(20-3)19-10-13/h5-8,10-11,15,18H,4,9H2,1-3H3. The number of nitrogens with one attached hydrogen (secondary N) is 1. The summed E-state index contributed by atoms with van der Waals surface area (Å²) in [6.07, 6.45) is 6.53. The van der Waals surface area contributed by atoms with E-state index >= 15 is 0 Å². The molecular formula is C16H21N3O. The molecule has 1 atom stereocenters. The lowest BCUT2D eigenvalue weighted by Gasteiger charge is -2.20. The molecule has 2 aromatic heterocycles. The summed E-state index contributed by atoms with van der Waals surface area (Å²) in [5.41, 5.74) is 3.68. The summed E-state index contributed by atoms with van der Waals surface area (Å²) in [4.78, 5) is 8.50. The normalized spacial score (nSPS) is 12.2. The van der Waals surface area contributed by atoms with E-state index in [1.807, 2.05) is 30.7 Å². The maximum atomic E-state index is 5.09. The van der Waals surface area contributed by atoms with Gasteiger partial charge in [-0.1, -0.05) is 13.0 Å². The van der Waals surface area contributed by atoms with E-state index < -0.39 is 0 Å². The van der Waals surface area contributed by atoms with Crippen molar-refractivity contribution in [3.05, 3.63) is 53.5 Å². The molecule has 2 heterocycles. The summed E-state index contributed by atoms with van der Waals surface area (Å²) in [6.45, 7) is 5.15. The summed E-state index contributed by atoms with van der Waals surface area (Å²) < 4.78 is 5.09. The second kappa shape index (κ2) is 7.01. The van der Waals surface area contributed by atoms with Gasteiger partial charge in [0.1, 0.15) is 0 Å². The molecule has 0 saturated carbocycles. The highest BCUT2D eigenvalue weighted by Gasteiger charge is 2.13. The van der Waals surface area contributed by atoms with Crippen molar-refractivity contribution in [3.8, 4) is 5.88 Å². The van der Waals surface area contributed by atoms with E-state index in [4.69, 9.17) is 4.74 Å². The maximum Gasteiger partial charge on any atom is 0.212 e. The third-order valence-corrected chi connectivity index (χ3v) is 3.35. The van der Waals surface area contributed by atoms with Crippen molar-refractivity contribution < 1.29 is 4.74 Å². The predicted octanol–water partition coefficient (Wildman–Crippen LogP) is 2.69. The van der Waals surface area contributed by atoms with Gasteiger partial charge in [0.05, 0.1) is 7.11 Å². The molecule has 4 heteroatoms. The van der Waals surface area contributed by atoms with Crippen LogP contribution in [0.1, 0.15) is 29.7 Å². The first-order valence-corrected chi connectivity index (χ1v) is 6.87. The summed E-state index contributed by atoms with van der Waals surface area (Å²) in [7, 11) is 1.63. The van der Waals surface area contributed by atoms with Crippen LogP contribution in [0.3, 0.4) is 0 Å². The highest BCUT2D eigenvalue weighted by atomic mass is 16.5. The number of hydrogen-bond donors (Lipinski definition) is 1. The molecule has 0 amide bonds. The van der Waals surface area contributed by atoms with Gasteiger partial charge >= 0.3 is 0 Å². The fourth-order valence-corrected chi connectivity index (χ4v) is 2.27. The molecule has 2 rings (SSSR count).